The summed E-state index contributed by atoms with van der Waals surface area (Å²) in [5, 5.41) is 37.1. The van der Waals surface area contributed by atoms with Gasteiger partial charge in [-0.2, -0.15) is 29.8 Å². The topological polar surface area (TPSA) is 250 Å². The zero-order valence-electron chi connectivity index (χ0n) is 27.4. The van der Waals surface area contributed by atoms with Crippen molar-refractivity contribution >= 4 is 52.4 Å². The Kier molecular flexibility index (Phi) is 9.23. The summed E-state index contributed by atoms with van der Waals surface area (Å²) in [7, 11) is 3.19. The van der Waals surface area contributed by atoms with Gasteiger partial charge in [0.2, 0.25) is 0 Å². The molecule has 6 heterocycles. The molecule has 20 nitrogen and oxygen atoms in total. The second-order valence-corrected chi connectivity index (χ2v) is 10.7. The quantitative estimate of drug-likeness (QED) is 0.103. The summed E-state index contributed by atoms with van der Waals surface area (Å²) in [5.74, 6) is 0.428. The minimum Gasteiger partial charge on any atom is -0.458 e. The van der Waals surface area contributed by atoms with E-state index in [9.17, 15) is 9.59 Å². The molecule has 0 saturated heterocycles. The SMILES string of the molecule is Cc1nn(C2=CC=CCN2)c(N)c1/N=N/c1c(C(=O)OCCOC(=O)c2cnn(C)c2/N=N/c2c(C)nn(-c3ccccn3)c2N)cnn1C. The third-order valence-corrected chi connectivity index (χ3v) is 7.31. The molecule has 6 rings (SSSR count). The Balaban J connectivity index is 1.07. The number of ether oxygens (including phenoxy) is 2. The van der Waals surface area contributed by atoms with Crippen molar-refractivity contribution in [1.82, 2.24) is 49.4 Å². The van der Waals surface area contributed by atoms with Gasteiger partial charge in [-0.15, -0.1) is 20.5 Å². The van der Waals surface area contributed by atoms with E-state index in [4.69, 9.17) is 20.9 Å². The lowest BCUT2D eigenvalue weighted by molar-refractivity contribution is 0.0266. The molecule has 0 spiro atoms. The molecule has 5 aromatic rings. The number of rotatable bonds is 11. The van der Waals surface area contributed by atoms with Crippen LogP contribution in [0.25, 0.3) is 11.6 Å². The summed E-state index contributed by atoms with van der Waals surface area (Å²) in [6.45, 7) is 3.58. The number of carbonyl (C=O) groups excluding carboxylic acids is 2. The van der Waals surface area contributed by atoms with Gasteiger partial charge in [0, 0.05) is 26.8 Å². The average molecular weight is 681 g/mol. The number of allylic oxidation sites excluding steroid dienone is 2. The van der Waals surface area contributed by atoms with E-state index < -0.39 is 11.9 Å². The molecule has 0 atom stereocenters. The highest BCUT2D eigenvalue weighted by Crippen LogP contribution is 2.32. The van der Waals surface area contributed by atoms with Crippen LogP contribution in [-0.2, 0) is 23.6 Å². The lowest BCUT2D eigenvalue weighted by Gasteiger charge is -2.12. The van der Waals surface area contributed by atoms with E-state index in [-0.39, 0.29) is 47.6 Å². The number of hydrogen-bond acceptors (Lipinski definition) is 16. The molecule has 0 radical (unpaired) electrons. The molecule has 0 bridgehead atoms. The van der Waals surface area contributed by atoms with Gasteiger partial charge in [-0.05, 0) is 32.1 Å². The molecular weight excluding hydrogens is 648 g/mol. The maximum atomic E-state index is 12.9. The Morgan fingerprint density at radius 3 is 1.92 bits per heavy atom. The van der Waals surface area contributed by atoms with Crippen molar-refractivity contribution in [3.63, 3.8) is 0 Å². The molecule has 0 unspecified atom stereocenters. The zero-order chi connectivity index (χ0) is 35.4. The van der Waals surface area contributed by atoms with Crippen LogP contribution in [0, 0.1) is 13.8 Å². The minimum atomic E-state index is -0.753. The van der Waals surface area contributed by atoms with Gasteiger partial charge in [-0.3, -0.25) is 0 Å². The number of pyridine rings is 1. The average Bonchev–Trinajstić information content (AvgIpc) is 3.84. The van der Waals surface area contributed by atoms with Crippen LogP contribution in [0.2, 0.25) is 0 Å². The molecule has 50 heavy (non-hydrogen) atoms. The lowest BCUT2D eigenvalue weighted by Crippen LogP contribution is -2.21. The third kappa shape index (κ3) is 6.56. The van der Waals surface area contributed by atoms with Crippen LogP contribution in [0.15, 0.2) is 75.5 Å². The van der Waals surface area contributed by atoms with E-state index in [0.29, 0.717) is 40.9 Å². The molecule has 5 N–H and O–H groups in total. The fraction of sp³-hybridized carbons (Fsp3) is 0.233. The number of aryl methyl sites for hydroxylation is 4. The van der Waals surface area contributed by atoms with E-state index in [1.165, 1.54) is 31.1 Å². The summed E-state index contributed by atoms with van der Waals surface area (Å²) >= 11 is 0. The van der Waals surface area contributed by atoms with Gasteiger partial charge in [0.25, 0.3) is 0 Å². The first-order valence-electron chi connectivity index (χ1n) is 15.1. The second-order valence-electron chi connectivity index (χ2n) is 10.7. The number of anilines is 2. The summed E-state index contributed by atoms with van der Waals surface area (Å²) in [6.07, 6.45) is 9.89. The van der Waals surface area contributed by atoms with Crippen LogP contribution in [-0.4, -0.2) is 75.8 Å². The maximum absolute atomic E-state index is 12.9. The molecule has 0 aliphatic carbocycles. The van der Waals surface area contributed by atoms with Crippen molar-refractivity contribution in [2.24, 2.45) is 34.6 Å². The van der Waals surface area contributed by atoms with Crippen LogP contribution in [0.3, 0.4) is 0 Å². The largest absolute Gasteiger partial charge is 0.458 e. The summed E-state index contributed by atoms with van der Waals surface area (Å²) in [5.41, 5.74) is 14.3. The molecule has 0 aromatic carbocycles. The Hall–Kier alpha value is -6.99. The molecule has 0 amide bonds. The van der Waals surface area contributed by atoms with Gasteiger partial charge in [0.15, 0.2) is 40.5 Å². The predicted molar refractivity (Wildman–Crippen MR) is 179 cm³/mol. The Morgan fingerprint density at radius 1 is 0.840 bits per heavy atom. The van der Waals surface area contributed by atoms with Gasteiger partial charge >= 0.3 is 11.9 Å². The number of nitrogens with zero attached hydrogens (tertiary/aromatic N) is 13. The summed E-state index contributed by atoms with van der Waals surface area (Å²) in [4.78, 5) is 30.1. The summed E-state index contributed by atoms with van der Waals surface area (Å²) < 4.78 is 16.4. The smallest absolute Gasteiger partial charge is 0.343 e. The molecule has 256 valence electrons. The number of nitrogen functional groups attached to an aromatic ring is 2. The van der Waals surface area contributed by atoms with Crippen LogP contribution in [0.4, 0.5) is 34.6 Å². The van der Waals surface area contributed by atoms with Gasteiger partial charge < -0.3 is 26.3 Å². The van der Waals surface area contributed by atoms with Crippen LogP contribution < -0.4 is 16.8 Å². The Morgan fingerprint density at radius 2 is 1.40 bits per heavy atom. The van der Waals surface area contributed by atoms with E-state index in [1.807, 2.05) is 18.2 Å². The second kappa shape index (κ2) is 14.0. The van der Waals surface area contributed by atoms with Gasteiger partial charge in [0.05, 0.1) is 23.8 Å². The normalized spacial score (nSPS) is 12.8. The van der Waals surface area contributed by atoms with Gasteiger partial charge in [-0.25, -0.2) is 23.9 Å². The molecule has 0 fully saturated rings. The number of dihydropyridines is 1. The molecule has 1 aliphatic heterocycles. The maximum Gasteiger partial charge on any atom is 0.343 e. The number of hydrogen-bond donors (Lipinski definition) is 3. The predicted octanol–water partition coefficient (Wildman–Crippen LogP) is 3.51. The standard InChI is InChI=1S/C30H32N16O4/c1-17-23(25(31)45(41-17)21-9-5-7-11-33-21)37-39-27-19(15-35-43(27)3)29(47)49-13-14-50-30(48)20-16-36-44(4)28(20)40-38-24-18(2)42-46(26(24)32)22-10-6-8-12-34-22/h5-11,15-16,34H,12-14,31-32H2,1-4H3/b39-37+,40-38+. The fourth-order valence-electron chi connectivity index (χ4n) is 4.76. The van der Waals surface area contributed by atoms with Crippen molar-refractivity contribution in [3.8, 4) is 5.82 Å². The molecule has 1 aliphatic rings. The zero-order valence-corrected chi connectivity index (χ0v) is 27.4. The van der Waals surface area contributed by atoms with Crippen molar-refractivity contribution in [2.45, 2.75) is 13.8 Å². The van der Waals surface area contributed by atoms with Crippen LogP contribution in [0.1, 0.15) is 32.1 Å². The Labute approximate surface area is 283 Å². The Bertz CT molecular complexity index is 2180. The van der Waals surface area contributed by atoms with E-state index in [1.54, 1.807) is 52.3 Å². The van der Waals surface area contributed by atoms with E-state index >= 15 is 0 Å². The molecule has 20 heteroatoms. The molecular formula is C30H32N16O4. The number of esters is 2. The van der Waals surface area contributed by atoms with Crippen molar-refractivity contribution in [3.05, 3.63) is 77.5 Å². The fourth-order valence-corrected chi connectivity index (χ4v) is 4.76. The highest BCUT2D eigenvalue weighted by molar-refractivity contribution is 5.94. The third-order valence-electron chi connectivity index (χ3n) is 7.31. The van der Waals surface area contributed by atoms with Crippen molar-refractivity contribution < 1.29 is 19.1 Å². The first kappa shape index (κ1) is 32.9. The van der Waals surface area contributed by atoms with E-state index in [0.717, 1.165) is 0 Å². The molecule has 5 aromatic heterocycles. The van der Waals surface area contributed by atoms with Gasteiger partial charge in [-0.1, -0.05) is 18.2 Å². The van der Waals surface area contributed by atoms with Crippen molar-refractivity contribution in [2.75, 3.05) is 31.2 Å². The lowest BCUT2D eigenvalue weighted by atomic mass is 10.3. The number of aromatic nitrogens is 9. The van der Waals surface area contributed by atoms with Crippen LogP contribution in [0.5, 0.6) is 0 Å². The van der Waals surface area contributed by atoms with Crippen LogP contribution >= 0.6 is 0 Å². The first-order valence-corrected chi connectivity index (χ1v) is 15.1. The van der Waals surface area contributed by atoms with E-state index in [2.05, 4.69) is 51.2 Å². The van der Waals surface area contributed by atoms with Crippen molar-refractivity contribution in [1.29, 1.82) is 0 Å². The first-order chi connectivity index (χ1) is 24.1. The highest BCUT2D eigenvalue weighted by atomic mass is 16.6. The highest BCUT2D eigenvalue weighted by Gasteiger charge is 2.22. The number of nitrogens with two attached hydrogens (primary N) is 2. The summed E-state index contributed by atoms with van der Waals surface area (Å²) in [6, 6.07) is 5.33. The number of azo groups is 2. The number of nitrogens with one attached hydrogen (secondary N) is 1. The minimum absolute atomic E-state index is 0.0378. The van der Waals surface area contributed by atoms with Gasteiger partial charge in [0.1, 0.15) is 30.2 Å². The number of carbonyl (C=O) groups is 2. The monoisotopic (exact) mass is 680 g/mol. The molecule has 0 saturated carbocycles.